The van der Waals surface area contributed by atoms with Crippen molar-refractivity contribution in [1.29, 1.82) is 0 Å². The lowest BCUT2D eigenvalue weighted by Gasteiger charge is -2.66. The Morgan fingerprint density at radius 1 is 1.17 bits per heavy atom. The van der Waals surface area contributed by atoms with Crippen molar-refractivity contribution >= 4 is 17.9 Å². The van der Waals surface area contributed by atoms with E-state index in [0.29, 0.717) is 6.17 Å². The molecule has 0 bridgehead atoms. The zero-order valence-corrected chi connectivity index (χ0v) is 14.3. The Labute approximate surface area is 137 Å². The van der Waals surface area contributed by atoms with Gasteiger partial charge in [0, 0.05) is 23.6 Å². The van der Waals surface area contributed by atoms with Crippen LogP contribution in [-0.4, -0.2) is 42.4 Å². The number of amidine groups is 1. The summed E-state index contributed by atoms with van der Waals surface area (Å²) in [4.78, 5) is 14.3. The van der Waals surface area contributed by atoms with Crippen LogP contribution in [0, 0.1) is 5.41 Å². The van der Waals surface area contributed by atoms with E-state index in [2.05, 4.69) is 71.9 Å². The van der Waals surface area contributed by atoms with Gasteiger partial charge < -0.3 is 9.80 Å². The van der Waals surface area contributed by atoms with Gasteiger partial charge in [-0.15, -0.1) is 0 Å². The van der Waals surface area contributed by atoms with Crippen LogP contribution in [0.15, 0.2) is 34.3 Å². The van der Waals surface area contributed by atoms with Gasteiger partial charge in [0.25, 0.3) is 0 Å². The molecule has 5 rings (SSSR count). The van der Waals surface area contributed by atoms with Gasteiger partial charge in [0.15, 0.2) is 0 Å². The molecule has 1 saturated carbocycles. The van der Waals surface area contributed by atoms with E-state index in [1.54, 1.807) is 6.34 Å². The molecule has 23 heavy (non-hydrogen) atoms. The Balaban J connectivity index is 1.78. The molecule has 2 fully saturated rings. The van der Waals surface area contributed by atoms with Gasteiger partial charge in [-0.1, -0.05) is 32.0 Å². The van der Waals surface area contributed by atoms with Gasteiger partial charge in [0.1, 0.15) is 24.4 Å². The molecule has 0 radical (unpaired) electrons. The number of aliphatic imine (C=N–C) groups is 2. The van der Waals surface area contributed by atoms with Crippen molar-refractivity contribution in [3.8, 4) is 0 Å². The fourth-order valence-corrected chi connectivity index (χ4v) is 5.62. The number of hydrogen-bond acceptors (Lipinski definition) is 4. The normalized spacial score (nSPS) is 43.1. The van der Waals surface area contributed by atoms with E-state index in [0.717, 1.165) is 0 Å². The topological polar surface area (TPSA) is 31.2 Å². The Morgan fingerprint density at radius 2 is 1.96 bits per heavy atom. The molecule has 5 atom stereocenters. The molecule has 0 N–H and O–H groups in total. The lowest BCUT2D eigenvalue weighted by Crippen LogP contribution is -2.68. The van der Waals surface area contributed by atoms with Crippen LogP contribution in [0.4, 0.5) is 5.69 Å². The molecule has 0 amide bonds. The third kappa shape index (κ3) is 1.31. The molecule has 4 nitrogen and oxygen atoms in total. The molecule has 4 heteroatoms. The van der Waals surface area contributed by atoms with E-state index >= 15 is 0 Å². The Bertz CT molecular complexity index is 753. The quantitative estimate of drug-likeness (QED) is 0.737. The molecule has 5 unspecified atom stereocenters. The average molecular weight is 308 g/mol. The highest BCUT2D eigenvalue weighted by molar-refractivity contribution is 6.01. The maximum Gasteiger partial charge on any atom is 0.132 e. The van der Waals surface area contributed by atoms with E-state index in [1.807, 2.05) is 0 Å². The van der Waals surface area contributed by atoms with E-state index in [-0.39, 0.29) is 22.9 Å². The average Bonchev–Trinajstić information content (AvgIpc) is 2.86. The summed E-state index contributed by atoms with van der Waals surface area (Å²) >= 11 is 0. The van der Waals surface area contributed by atoms with Crippen molar-refractivity contribution in [2.75, 3.05) is 11.9 Å². The van der Waals surface area contributed by atoms with E-state index in [1.165, 1.54) is 29.9 Å². The van der Waals surface area contributed by atoms with Gasteiger partial charge in [-0.3, -0.25) is 4.99 Å². The van der Waals surface area contributed by atoms with Crippen LogP contribution in [0.5, 0.6) is 0 Å². The van der Waals surface area contributed by atoms with Crippen molar-refractivity contribution in [3.05, 3.63) is 29.8 Å². The molecule has 1 aliphatic carbocycles. The van der Waals surface area contributed by atoms with Crippen LogP contribution in [0.25, 0.3) is 0 Å². The first kappa shape index (κ1) is 13.6. The molecule has 4 aliphatic rings. The summed E-state index contributed by atoms with van der Waals surface area (Å²) < 4.78 is 0. The smallest absolute Gasteiger partial charge is 0.132 e. The molecule has 3 heterocycles. The monoisotopic (exact) mass is 308 g/mol. The van der Waals surface area contributed by atoms with Gasteiger partial charge >= 0.3 is 0 Å². The third-order valence-electron chi connectivity index (χ3n) is 7.26. The summed E-state index contributed by atoms with van der Waals surface area (Å²) in [7, 11) is 2.22. The number of likely N-dealkylation sites (N-methyl/N-ethyl adjacent to an activating group) is 1. The number of anilines is 1. The number of fused-ring (bicyclic) bond motifs is 8. The SMILES string of the molecule is CC1N=CN=C2C1N1c3ccccc3C3(C)CCC3(C)C1N2C. The number of hydrogen-bond donors (Lipinski definition) is 0. The first-order chi connectivity index (χ1) is 11.0. The largest absolute Gasteiger partial charge is 0.340 e. The van der Waals surface area contributed by atoms with Gasteiger partial charge in [-0.2, -0.15) is 0 Å². The minimum Gasteiger partial charge on any atom is -0.340 e. The fraction of sp³-hybridized carbons (Fsp3) is 0.579. The van der Waals surface area contributed by atoms with E-state index < -0.39 is 0 Å². The highest BCUT2D eigenvalue weighted by Gasteiger charge is 2.67. The summed E-state index contributed by atoms with van der Waals surface area (Å²) in [6, 6.07) is 9.52. The minimum atomic E-state index is 0.246. The minimum absolute atomic E-state index is 0.246. The third-order valence-corrected chi connectivity index (χ3v) is 7.26. The number of benzene rings is 1. The van der Waals surface area contributed by atoms with Crippen LogP contribution >= 0.6 is 0 Å². The van der Waals surface area contributed by atoms with Crippen LogP contribution < -0.4 is 4.90 Å². The van der Waals surface area contributed by atoms with Crippen LogP contribution in [0.1, 0.15) is 39.2 Å². The lowest BCUT2D eigenvalue weighted by molar-refractivity contribution is -0.0430. The predicted octanol–water partition coefficient (Wildman–Crippen LogP) is 3.03. The van der Waals surface area contributed by atoms with Gasteiger partial charge in [0.2, 0.25) is 0 Å². The van der Waals surface area contributed by atoms with Gasteiger partial charge in [0.05, 0.1) is 6.04 Å². The summed E-state index contributed by atoms with van der Waals surface area (Å²) in [6.45, 7) is 7.15. The number of para-hydroxylation sites is 1. The van der Waals surface area contributed by atoms with Crippen molar-refractivity contribution in [1.82, 2.24) is 4.90 Å². The standard InChI is InChI=1S/C19H24N4/c1-12-15-16(21-11-20-12)22(4)17-19(3)10-9-18(19,2)13-7-5-6-8-14(13)23(15)17/h5-8,11-12,15,17H,9-10H2,1-4H3. The Morgan fingerprint density at radius 3 is 2.70 bits per heavy atom. The van der Waals surface area contributed by atoms with Crippen LogP contribution in [0.2, 0.25) is 0 Å². The van der Waals surface area contributed by atoms with Gasteiger partial charge in [-0.05, 0) is 31.4 Å². The number of rotatable bonds is 0. The van der Waals surface area contributed by atoms with E-state index in [4.69, 9.17) is 0 Å². The summed E-state index contributed by atoms with van der Waals surface area (Å²) in [5.74, 6) is 1.18. The second-order valence-electron chi connectivity index (χ2n) is 8.10. The zero-order valence-electron chi connectivity index (χ0n) is 14.3. The molecule has 0 spiro atoms. The molecule has 1 aromatic carbocycles. The van der Waals surface area contributed by atoms with Crippen molar-refractivity contribution in [2.24, 2.45) is 15.4 Å². The van der Waals surface area contributed by atoms with Crippen LogP contribution in [0.3, 0.4) is 0 Å². The molecule has 120 valence electrons. The summed E-state index contributed by atoms with van der Waals surface area (Å²) in [6.07, 6.45) is 4.68. The maximum absolute atomic E-state index is 4.67. The maximum atomic E-state index is 4.67. The first-order valence-electron chi connectivity index (χ1n) is 8.69. The Hall–Kier alpha value is -1.84. The van der Waals surface area contributed by atoms with Gasteiger partial charge in [-0.25, -0.2) is 4.99 Å². The highest BCUT2D eigenvalue weighted by Crippen LogP contribution is 2.67. The summed E-state index contributed by atoms with van der Waals surface area (Å²) in [5.41, 5.74) is 3.43. The van der Waals surface area contributed by atoms with Crippen molar-refractivity contribution in [3.63, 3.8) is 0 Å². The lowest BCUT2D eigenvalue weighted by atomic mass is 9.45. The van der Waals surface area contributed by atoms with E-state index in [9.17, 15) is 0 Å². The van der Waals surface area contributed by atoms with Crippen LogP contribution in [-0.2, 0) is 5.41 Å². The second kappa shape index (κ2) is 3.97. The molecule has 0 aromatic heterocycles. The molecule has 1 aromatic rings. The highest BCUT2D eigenvalue weighted by atomic mass is 15.5. The number of nitrogens with zero attached hydrogens (tertiary/aromatic N) is 4. The first-order valence-corrected chi connectivity index (χ1v) is 8.69. The van der Waals surface area contributed by atoms with Crippen molar-refractivity contribution < 1.29 is 0 Å². The Kier molecular flexibility index (Phi) is 2.35. The molecular formula is C19H24N4. The molecule has 1 saturated heterocycles. The zero-order chi connectivity index (χ0) is 16.0. The van der Waals surface area contributed by atoms with Crippen molar-refractivity contribution in [2.45, 2.75) is 57.3 Å². The predicted molar refractivity (Wildman–Crippen MR) is 94.3 cm³/mol. The fourth-order valence-electron chi connectivity index (χ4n) is 5.62. The summed E-state index contributed by atoms with van der Waals surface area (Å²) in [5, 5.41) is 0. The second-order valence-corrected chi connectivity index (χ2v) is 8.10. The molecule has 3 aliphatic heterocycles. The molecular weight excluding hydrogens is 284 g/mol.